The summed E-state index contributed by atoms with van der Waals surface area (Å²) in [5.41, 5.74) is 1.16. The molecule has 1 aromatic heterocycles. The number of rotatable bonds is 8. The highest BCUT2D eigenvalue weighted by Crippen LogP contribution is 2.24. The van der Waals surface area contributed by atoms with Gasteiger partial charge in [0.25, 0.3) is 0 Å². The van der Waals surface area contributed by atoms with E-state index in [1.165, 1.54) is 0 Å². The third-order valence-corrected chi connectivity index (χ3v) is 5.88. The molecule has 9 heteroatoms. The van der Waals surface area contributed by atoms with Crippen molar-refractivity contribution in [3.63, 3.8) is 0 Å². The second-order valence-electron chi connectivity index (χ2n) is 7.97. The number of ether oxygens (including phenoxy) is 3. The van der Waals surface area contributed by atoms with E-state index < -0.39 is 0 Å². The van der Waals surface area contributed by atoms with Gasteiger partial charge in [-0.25, -0.2) is 0 Å². The summed E-state index contributed by atoms with van der Waals surface area (Å²) in [4.78, 5) is 14.5. The van der Waals surface area contributed by atoms with Gasteiger partial charge in [0, 0.05) is 58.2 Å². The summed E-state index contributed by atoms with van der Waals surface area (Å²) in [6.07, 6.45) is 2.98. The number of nitrogens with zero attached hydrogens (tertiary/aromatic N) is 4. The van der Waals surface area contributed by atoms with Crippen LogP contribution in [0.2, 0.25) is 0 Å². The Labute approximate surface area is 182 Å². The van der Waals surface area contributed by atoms with Crippen LogP contribution in [0.5, 0.6) is 11.5 Å². The summed E-state index contributed by atoms with van der Waals surface area (Å²) in [5, 5.41) is 11.7. The SMILES string of the molecule is COc1cc(CN2CCc3nnc(CCNC(=O)C4CCCO4)n3CC2)cc(OC)c1. The van der Waals surface area contributed by atoms with Crippen molar-refractivity contribution in [2.45, 2.75) is 44.9 Å². The van der Waals surface area contributed by atoms with Crippen LogP contribution >= 0.6 is 0 Å². The molecule has 9 nitrogen and oxygen atoms in total. The first-order valence-electron chi connectivity index (χ1n) is 10.9. The van der Waals surface area contributed by atoms with E-state index in [2.05, 4.69) is 37.1 Å². The average Bonchev–Trinajstić information content (AvgIpc) is 3.41. The minimum absolute atomic E-state index is 0.0204. The van der Waals surface area contributed by atoms with Crippen LogP contribution < -0.4 is 14.8 Å². The predicted octanol–water partition coefficient (Wildman–Crippen LogP) is 1.19. The number of fused-ring (bicyclic) bond motifs is 1. The molecule has 2 aliphatic rings. The van der Waals surface area contributed by atoms with Crippen molar-refractivity contribution in [3.8, 4) is 11.5 Å². The quantitative estimate of drug-likeness (QED) is 0.674. The van der Waals surface area contributed by atoms with E-state index in [-0.39, 0.29) is 12.0 Å². The monoisotopic (exact) mass is 429 g/mol. The first-order chi connectivity index (χ1) is 15.2. The highest BCUT2D eigenvalue weighted by Gasteiger charge is 2.24. The summed E-state index contributed by atoms with van der Waals surface area (Å²) in [6, 6.07) is 5.99. The van der Waals surface area contributed by atoms with E-state index in [1.54, 1.807) is 14.2 Å². The molecule has 1 atom stereocenters. The van der Waals surface area contributed by atoms with Crippen LogP contribution in [0.3, 0.4) is 0 Å². The van der Waals surface area contributed by atoms with Crippen molar-refractivity contribution < 1.29 is 19.0 Å². The van der Waals surface area contributed by atoms with Gasteiger partial charge in [0.05, 0.1) is 14.2 Å². The number of hydrogen-bond acceptors (Lipinski definition) is 7. The van der Waals surface area contributed by atoms with Crippen molar-refractivity contribution >= 4 is 5.91 Å². The molecule has 1 amide bonds. The van der Waals surface area contributed by atoms with Crippen LogP contribution in [-0.4, -0.2) is 72.1 Å². The van der Waals surface area contributed by atoms with E-state index in [0.29, 0.717) is 19.6 Å². The molecule has 168 valence electrons. The van der Waals surface area contributed by atoms with Crippen molar-refractivity contribution in [1.82, 2.24) is 25.0 Å². The van der Waals surface area contributed by atoms with E-state index in [9.17, 15) is 4.79 Å². The van der Waals surface area contributed by atoms with Gasteiger partial charge in [0.1, 0.15) is 29.3 Å². The van der Waals surface area contributed by atoms with Gasteiger partial charge in [-0.3, -0.25) is 9.69 Å². The van der Waals surface area contributed by atoms with Gasteiger partial charge in [-0.15, -0.1) is 10.2 Å². The molecule has 1 saturated heterocycles. The molecule has 1 unspecified atom stereocenters. The lowest BCUT2D eigenvalue weighted by Gasteiger charge is -2.20. The van der Waals surface area contributed by atoms with Gasteiger partial charge < -0.3 is 24.1 Å². The molecule has 2 aliphatic heterocycles. The Morgan fingerprint density at radius 1 is 1.16 bits per heavy atom. The van der Waals surface area contributed by atoms with Crippen LogP contribution in [0.25, 0.3) is 0 Å². The minimum Gasteiger partial charge on any atom is -0.497 e. The van der Waals surface area contributed by atoms with Gasteiger partial charge in [-0.1, -0.05) is 0 Å². The Morgan fingerprint density at radius 2 is 1.97 bits per heavy atom. The number of hydrogen-bond donors (Lipinski definition) is 1. The van der Waals surface area contributed by atoms with Gasteiger partial charge in [-0.05, 0) is 30.5 Å². The van der Waals surface area contributed by atoms with Crippen LogP contribution in [0.15, 0.2) is 18.2 Å². The van der Waals surface area contributed by atoms with Crippen LogP contribution in [0.4, 0.5) is 0 Å². The lowest BCUT2D eigenvalue weighted by atomic mass is 10.2. The molecule has 3 heterocycles. The molecule has 2 aromatic rings. The summed E-state index contributed by atoms with van der Waals surface area (Å²) in [7, 11) is 3.34. The Hall–Kier alpha value is -2.65. The fraction of sp³-hybridized carbons (Fsp3) is 0.591. The Morgan fingerprint density at radius 3 is 2.68 bits per heavy atom. The Bertz CT molecular complexity index is 872. The molecule has 0 bridgehead atoms. The number of methoxy groups -OCH3 is 2. The second kappa shape index (κ2) is 10.1. The summed E-state index contributed by atoms with van der Waals surface area (Å²) < 4.78 is 18.4. The Balaban J connectivity index is 1.32. The van der Waals surface area contributed by atoms with Crippen molar-refractivity contribution in [3.05, 3.63) is 35.4 Å². The molecule has 4 rings (SSSR count). The molecule has 0 aliphatic carbocycles. The highest BCUT2D eigenvalue weighted by molar-refractivity contribution is 5.80. The van der Waals surface area contributed by atoms with Crippen LogP contribution in [0, 0.1) is 0 Å². The number of amides is 1. The van der Waals surface area contributed by atoms with Crippen molar-refractivity contribution in [1.29, 1.82) is 0 Å². The number of carbonyl (C=O) groups excluding carboxylic acids is 1. The van der Waals surface area contributed by atoms with Gasteiger partial charge in [0.2, 0.25) is 5.91 Å². The minimum atomic E-state index is -0.292. The number of nitrogens with one attached hydrogen (secondary N) is 1. The fourth-order valence-electron chi connectivity index (χ4n) is 4.18. The standard InChI is InChI=1S/C22H31N5O4/c1-29-17-12-16(13-18(14-17)30-2)15-26-8-6-21-25-24-20(27(21)10-9-26)5-7-23-22(28)19-4-3-11-31-19/h12-14,19H,3-11,15H2,1-2H3,(H,23,28). The van der Waals surface area contributed by atoms with E-state index in [4.69, 9.17) is 14.2 Å². The van der Waals surface area contributed by atoms with Crippen LogP contribution in [-0.2, 0) is 35.5 Å². The number of carbonyl (C=O) groups is 1. The lowest BCUT2D eigenvalue weighted by Crippen LogP contribution is -2.35. The van der Waals surface area contributed by atoms with Crippen molar-refractivity contribution in [2.24, 2.45) is 0 Å². The smallest absolute Gasteiger partial charge is 0.249 e. The molecular weight excluding hydrogens is 398 g/mol. The Kier molecular flexibility index (Phi) is 7.03. The molecule has 1 aromatic carbocycles. The topological polar surface area (TPSA) is 90.7 Å². The van der Waals surface area contributed by atoms with Gasteiger partial charge >= 0.3 is 0 Å². The molecule has 0 saturated carbocycles. The maximum atomic E-state index is 12.1. The molecule has 31 heavy (non-hydrogen) atoms. The second-order valence-corrected chi connectivity index (χ2v) is 7.97. The molecule has 1 fully saturated rings. The maximum Gasteiger partial charge on any atom is 0.249 e. The zero-order valence-corrected chi connectivity index (χ0v) is 18.3. The first kappa shape index (κ1) is 21.6. The lowest BCUT2D eigenvalue weighted by molar-refractivity contribution is -0.130. The third kappa shape index (κ3) is 5.34. The maximum absolute atomic E-state index is 12.1. The molecule has 1 N–H and O–H groups in total. The molecular formula is C22H31N5O4. The highest BCUT2D eigenvalue weighted by atomic mass is 16.5. The fourth-order valence-corrected chi connectivity index (χ4v) is 4.18. The summed E-state index contributed by atoms with van der Waals surface area (Å²) in [6.45, 7) is 4.68. The zero-order chi connectivity index (χ0) is 21.6. The average molecular weight is 430 g/mol. The van der Waals surface area contributed by atoms with E-state index in [0.717, 1.165) is 74.2 Å². The largest absolute Gasteiger partial charge is 0.497 e. The normalized spacial score (nSPS) is 19.0. The van der Waals surface area contributed by atoms with E-state index >= 15 is 0 Å². The predicted molar refractivity (Wildman–Crippen MR) is 114 cm³/mol. The molecule has 0 radical (unpaired) electrons. The molecule has 0 spiro atoms. The number of benzene rings is 1. The third-order valence-electron chi connectivity index (χ3n) is 5.88. The van der Waals surface area contributed by atoms with Crippen molar-refractivity contribution in [2.75, 3.05) is 40.5 Å². The van der Waals surface area contributed by atoms with Gasteiger partial charge in [-0.2, -0.15) is 0 Å². The number of aromatic nitrogens is 3. The van der Waals surface area contributed by atoms with Crippen LogP contribution in [0.1, 0.15) is 30.1 Å². The summed E-state index contributed by atoms with van der Waals surface area (Å²) >= 11 is 0. The van der Waals surface area contributed by atoms with Gasteiger partial charge in [0.15, 0.2) is 0 Å². The van der Waals surface area contributed by atoms with E-state index in [1.807, 2.05) is 6.07 Å². The summed E-state index contributed by atoms with van der Waals surface area (Å²) in [5.74, 6) is 3.51. The first-order valence-corrected chi connectivity index (χ1v) is 10.9. The zero-order valence-electron chi connectivity index (χ0n) is 18.3.